The Morgan fingerprint density at radius 2 is 2.38 bits per heavy atom. The van der Waals surface area contributed by atoms with Gasteiger partial charge in [-0.25, -0.2) is 4.98 Å². The average Bonchev–Trinajstić information content (AvgIpc) is 2.85. The number of rotatable bonds is 3. The minimum Gasteiger partial charge on any atom is -0.380 e. The van der Waals surface area contributed by atoms with Crippen LogP contribution in [0.5, 0.6) is 0 Å². The maximum atomic E-state index is 5.32. The van der Waals surface area contributed by atoms with Gasteiger partial charge in [-0.15, -0.1) is 11.3 Å². The molecule has 0 radical (unpaired) electrons. The number of thiazole rings is 1. The number of hydrogen-bond acceptors (Lipinski definition) is 4. The van der Waals surface area contributed by atoms with Crippen LogP contribution in [0.2, 0.25) is 0 Å². The first-order valence-corrected chi connectivity index (χ1v) is 6.69. The first-order valence-electron chi connectivity index (χ1n) is 5.82. The van der Waals surface area contributed by atoms with Gasteiger partial charge in [-0.05, 0) is 6.42 Å². The molecule has 0 bridgehead atoms. The summed E-state index contributed by atoms with van der Waals surface area (Å²) in [5, 5.41) is 6.85. The van der Waals surface area contributed by atoms with Gasteiger partial charge in [0.2, 0.25) is 0 Å². The number of ether oxygens (including phenoxy) is 1. The van der Waals surface area contributed by atoms with Crippen molar-refractivity contribution in [3.05, 3.63) is 16.1 Å². The SMILES string of the molecule is CC(C)(C)c1nc(CNC2CCOC2)cs1. The quantitative estimate of drug-likeness (QED) is 0.880. The molecular weight excluding hydrogens is 220 g/mol. The van der Waals surface area contributed by atoms with E-state index in [4.69, 9.17) is 4.74 Å². The zero-order chi connectivity index (χ0) is 11.6. The van der Waals surface area contributed by atoms with Crippen LogP contribution in [-0.4, -0.2) is 24.2 Å². The Bertz CT molecular complexity index is 337. The zero-order valence-corrected chi connectivity index (χ0v) is 11.1. The van der Waals surface area contributed by atoms with Crippen LogP contribution in [0.25, 0.3) is 0 Å². The Morgan fingerprint density at radius 3 is 2.94 bits per heavy atom. The molecule has 3 nitrogen and oxygen atoms in total. The van der Waals surface area contributed by atoms with Crippen molar-refractivity contribution in [1.29, 1.82) is 0 Å². The molecule has 1 aliphatic rings. The zero-order valence-electron chi connectivity index (χ0n) is 10.2. The summed E-state index contributed by atoms with van der Waals surface area (Å²) in [7, 11) is 0. The van der Waals surface area contributed by atoms with E-state index in [1.54, 1.807) is 11.3 Å². The third-order valence-corrected chi connectivity index (χ3v) is 4.01. The normalized spacial score (nSPS) is 21.6. The van der Waals surface area contributed by atoms with Gasteiger partial charge in [0.15, 0.2) is 0 Å². The Morgan fingerprint density at radius 1 is 1.56 bits per heavy atom. The molecule has 0 aromatic carbocycles. The highest BCUT2D eigenvalue weighted by Gasteiger charge is 2.19. The molecule has 0 aliphatic carbocycles. The second-order valence-corrected chi connectivity index (χ2v) is 6.19. The van der Waals surface area contributed by atoms with Crippen LogP contribution < -0.4 is 5.32 Å². The van der Waals surface area contributed by atoms with Gasteiger partial charge in [-0.1, -0.05) is 20.8 Å². The lowest BCUT2D eigenvalue weighted by Crippen LogP contribution is -2.28. The molecule has 0 amide bonds. The van der Waals surface area contributed by atoms with Gasteiger partial charge in [0.25, 0.3) is 0 Å². The smallest absolute Gasteiger partial charge is 0.0982 e. The van der Waals surface area contributed by atoms with Gasteiger partial charge in [-0.2, -0.15) is 0 Å². The van der Waals surface area contributed by atoms with Gasteiger partial charge in [0.05, 0.1) is 17.3 Å². The summed E-state index contributed by atoms with van der Waals surface area (Å²) in [5.41, 5.74) is 1.32. The second kappa shape index (κ2) is 4.82. The molecule has 1 saturated heterocycles. The van der Waals surface area contributed by atoms with E-state index in [9.17, 15) is 0 Å². The predicted molar refractivity (Wildman–Crippen MR) is 66.9 cm³/mol. The fraction of sp³-hybridized carbons (Fsp3) is 0.750. The Balaban J connectivity index is 1.87. The van der Waals surface area contributed by atoms with Gasteiger partial charge < -0.3 is 10.1 Å². The summed E-state index contributed by atoms with van der Waals surface area (Å²) in [6.07, 6.45) is 1.12. The van der Waals surface area contributed by atoms with Crippen LogP contribution in [-0.2, 0) is 16.7 Å². The monoisotopic (exact) mass is 240 g/mol. The highest BCUT2D eigenvalue weighted by Crippen LogP contribution is 2.25. The summed E-state index contributed by atoms with van der Waals surface area (Å²) < 4.78 is 5.32. The summed E-state index contributed by atoms with van der Waals surface area (Å²) in [6, 6.07) is 0.514. The first-order chi connectivity index (χ1) is 7.55. The third-order valence-electron chi connectivity index (χ3n) is 2.69. The maximum absolute atomic E-state index is 5.32. The van der Waals surface area contributed by atoms with Crippen molar-refractivity contribution in [2.75, 3.05) is 13.2 Å². The minimum atomic E-state index is 0.166. The molecule has 0 saturated carbocycles. The van der Waals surface area contributed by atoms with Crippen LogP contribution >= 0.6 is 11.3 Å². The first kappa shape index (κ1) is 12.0. The van der Waals surface area contributed by atoms with Crippen molar-refractivity contribution in [2.45, 2.75) is 45.2 Å². The molecule has 1 fully saturated rings. The highest BCUT2D eigenvalue weighted by molar-refractivity contribution is 7.09. The second-order valence-electron chi connectivity index (χ2n) is 5.34. The lowest BCUT2D eigenvalue weighted by molar-refractivity contribution is 0.189. The highest BCUT2D eigenvalue weighted by atomic mass is 32.1. The molecule has 1 aromatic heterocycles. The molecule has 2 rings (SSSR count). The largest absolute Gasteiger partial charge is 0.380 e. The molecule has 1 aliphatic heterocycles. The lowest BCUT2D eigenvalue weighted by atomic mass is 9.98. The lowest BCUT2D eigenvalue weighted by Gasteiger charge is -2.13. The average molecular weight is 240 g/mol. The van der Waals surface area contributed by atoms with E-state index in [0.29, 0.717) is 6.04 Å². The molecule has 1 aromatic rings. The number of hydrogen-bond donors (Lipinski definition) is 1. The van der Waals surface area contributed by atoms with Gasteiger partial charge in [0.1, 0.15) is 0 Å². The summed E-state index contributed by atoms with van der Waals surface area (Å²) in [4.78, 5) is 4.66. The van der Waals surface area contributed by atoms with Crippen molar-refractivity contribution in [3.8, 4) is 0 Å². The van der Waals surface area contributed by atoms with Crippen LogP contribution in [0.3, 0.4) is 0 Å². The molecule has 2 heterocycles. The van der Waals surface area contributed by atoms with Crippen molar-refractivity contribution >= 4 is 11.3 Å². The molecule has 4 heteroatoms. The van der Waals surface area contributed by atoms with Crippen molar-refractivity contribution < 1.29 is 4.74 Å². The fourth-order valence-electron chi connectivity index (χ4n) is 1.68. The standard InChI is InChI=1S/C12H20N2OS/c1-12(2,3)11-14-10(8-16-11)6-13-9-4-5-15-7-9/h8-9,13H,4-7H2,1-3H3. The predicted octanol–water partition coefficient (Wildman–Crippen LogP) is 2.32. The van der Waals surface area contributed by atoms with Gasteiger partial charge >= 0.3 is 0 Å². The topological polar surface area (TPSA) is 34.2 Å². The molecule has 16 heavy (non-hydrogen) atoms. The number of aromatic nitrogens is 1. The van der Waals surface area contributed by atoms with E-state index < -0.39 is 0 Å². The molecule has 0 spiro atoms. The molecule has 1 atom stereocenters. The fourth-order valence-corrected chi connectivity index (χ4v) is 2.58. The number of nitrogens with zero attached hydrogens (tertiary/aromatic N) is 1. The van der Waals surface area contributed by atoms with E-state index in [1.807, 2.05) is 0 Å². The Hall–Kier alpha value is -0.450. The van der Waals surface area contributed by atoms with E-state index in [-0.39, 0.29) is 5.41 Å². The maximum Gasteiger partial charge on any atom is 0.0982 e. The van der Waals surface area contributed by atoms with E-state index in [2.05, 4.69) is 36.5 Å². The summed E-state index contributed by atoms with van der Waals surface area (Å²) >= 11 is 1.76. The Kier molecular flexibility index (Phi) is 3.62. The summed E-state index contributed by atoms with van der Waals surface area (Å²) in [5.74, 6) is 0. The molecule has 1 unspecified atom stereocenters. The van der Waals surface area contributed by atoms with E-state index in [1.165, 1.54) is 5.01 Å². The van der Waals surface area contributed by atoms with Crippen LogP contribution in [0.1, 0.15) is 37.9 Å². The van der Waals surface area contributed by atoms with E-state index in [0.717, 1.165) is 31.9 Å². The molecule has 90 valence electrons. The number of nitrogens with one attached hydrogen (secondary N) is 1. The van der Waals surface area contributed by atoms with Crippen molar-refractivity contribution in [2.24, 2.45) is 0 Å². The van der Waals surface area contributed by atoms with Crippen molar-refractivity contribution in [1.82, 2.24) is 10.3 Å². The van der Waals surface area contributed by atoms with Crippen molar-refractivity contribution in [3.63, 3.8) is 0 Å². The molecular formula is C12H20N2OS. The minimum absolute atomic E-state index is 0.166. The van der Waals surface area contributed by atoms with Crippen LogP contribution in [0, 0.1) is 0 Å². The van der Waals surface area contributed by atoms with Crippen LogP contribution in [0.15, 0.2) is 5.38 Å². The third kappa shape index (κ3) is 3.03. The summed E-state index contributed by atoms with van der Waals surface area (Å²) in [6.45, 7) is 9.20. The molecule has 1 N–H and O–H groups in total. The van der Waals surface area contributed by atoms with E-state index >= 15 is 0 Å². The van der Waals surface area contributed by atoms with Crippen LogP contribution in [0.4, 0.5) is 0 Å². The Labute approximate surface area is 101 Å². The van der Waals surface area contributed by atoms with Gasteiger partial charge in [-0.3, -0.25) is 0 Å². The van der Waals surface area contributed by atoms with Gasteiger partial charge in [0, 0.05) is 30.0 Å².